The number of carboxylic acid groups (broad SMARTS) is 1. The SMILES string of the molecule is CCCCCC1C=CC(CCCCCC(C(=O)O)C(O)CCC2(O)CC(Cc3ccnc(N)c3)CC2C(O)c2ccc(-c3cc(O)cc([O-])c3Cc3ccccc3)[nH]2)C(O)C1. The van der Waals surface area contributed by atoms with Gasteiger partial charge in [0, 0.05) is 35.0 Å². The number of nitrogens with zero attached hydrogens (tertiary/aromatic N) is 1. The summed E-state index contributed by atoms with van der Waals surface area (Å²) in [6.45, 7) is 2.19. The number of nitrogen functional groups attached to an aromatic ring is 1. The average Bonchev–Trinajstić information content (AvgIpc) is 3.85. The van der Waals surface area contributed by atoms with Crippen LogP contribution in [0.2, 0.25) is 0 Å². The number of aliphatic hydroxyl groups excluding tert-OH is 3. The molecule has 9 N–H and O–H groups in total. The molecule has 6 rings (SSSR count). The fraction of sp³-hybridized carbons (Fsp3) is 0.520. The molecule has 330 valence electrons. The predicted molar refractivity (Wildman–Crippen MR) is 235 cm³/mol. The van der Waals surface area contributed by atoms with Gasteiger partial charge in [0.25, 0.3) is 0 Å². The Morgan fingerprint density at radius 3 is 2.48 bits per heavy atom. The topological polar surface area (TPSA) is 216 Å². The van der Waals surface area contributed by atoms with Gasteiger partial charge in [0.05, 0.1) is 29.8 Å². The fourth-order valence-corrected chi connectivity index (χ4v) is 10.1. The van der Waals surface area contributed by atoms with Crippen molar-refractivity contribution in [2.75, 3.05) is 5.73 Å². The van der Waals surface area contributed by atoms with Crippen molar-refractivity contribution in [2.45, 2.75) is 134 Å². The molecule has 2 aromatic carbocycles. The number of carbonyl (C=O) groups is 1. The van der Waals surface area contributed by atoms with Crippen LogP contribution in [0.4, 0.5) is 5.82 Å². The van der Waals surface area contributed by atoms with Gasteiger partial charge in [-0.1, -0.05) is 87.9 Å². The summed E-state index contributed by atoms with van der Waals surface area (Å²) in [4.78, 5) is 19.8. The number of pyridine rings is 1. The fourth-order valence-electron chi connectivity index (χ4n) is 10.1. The highest BCUT2D eigenvalue weighted by atomic mass is 16.4. The van der Waals surface area contributed by atoms with Crippen LogP contribution in [0.3, 0.4) is 0 Å². The maximum absolute atomic E-state index is 13.2. The van der Waals surface area contributed by atoms with Crippen molar-refractivity contribution in [2.24, 2.45) is 29.6 Å². The van der Waals surface area contributed by atoms with Crippen LogP contribution in [0, 0.1) is 29.6 Å². The molecule has 0 aliphatic heterocycles. The number of phenolic OH excluding ortho intramolecular Hbond substituents is 1. The maximum atomic E-state index is 13.2. The summed E-state index contributed by atoms with van der Waals surface area (Å²) in [5, 5.41) is 80.4. The van der Waals surface area contributed by atoms with Gasteiger partial charge in [-0.3, -0.25) is 4.79 Å². The lowest BCUT2D eigenvalue weighted by Crippen LogP contribution is -2.39. The van der Waals surface area contributed by atoms with Gasteiger partial charge in [-0.25, -0.2) is 4.98 Å². The molecule has 1 fully saturated rings. The van der Waals surface area contributed by atoms with Crippen molar-refractivity contribution in [3.63, 3.8) is 0 Å². The molecule has 2 heterocycles. The van der Waals surface area contributed by atoms with Crippen LogP contribution in [0.15, 0.2) is 85.1 Å². The second-order valence-electron chi connectivity index (χ2n) is 18.0. The van der Waals surface area contributed by atoms with E-state index in [1.165, 1.54) is 31.4 Å². The first-order valence-corrected chi connectivity index (χ1v) is 22.5. The van der Waals surface area contributed by atoms with Crippen molar-refractivity contribution >= 4 is 11.8 Å². The standard InChI is InChI=1S/C50H67N3O8/c1-2-3-6-11-33-16-17-36(45(56)27-33)14-9-5-10-15-38(49(59)60)44(55)20-22-50(61)31-35(24-34-21-23-52-47(51)28-34)26-41(50)48(58)43-19-18-42(53-43)39-29-37(54)30-46(57)40(39)25-32-12-7-4-8-13-32/h4,7-8,12-13,16-19,21,23,28-30,33,35-36,38,41,44-45,48,53-58,61H,2-3,5-6,9-11,14-15,20,22,24-27,31H2,1H3,(H2,51,52)(H,59,60)/p-1. The highest BCUT2D eigenvalue weighted by Gasteiger charge is 2.50. The summed E-state index contributed by atoms with van der Waals surface area (Å²) in [7, 11) is 0. The van der Waals surface area contributed by atoms with Gasteiger partial charge < -0.3 is 46.5 Å². The molecular formula is C50H66N3O8-. The van der Waals surface area contributed by atoms with Gasteiger partial charge in [-0.15, -0.1) is 5.75 Å². The predicted octanol–water partition coefficient (Wildman–Crippen LogP) is 7.99. The summed E-state index contributed by atoms with van der Waals surface area (Å²) < 4.78 is 0. The van der Waals surface area contributed by atoms with E-state index < -0.39 is 35.6 Å². The lowest BCUT2D eigenvalue weighted by atomic mass is 9.79. The molecule has 0 amide bonds. The molecule has 2 aliphatic rings. The minimum absolute atomic E-state index is 0.0402. The van der Waals surface area contributed by atoms with Crippen molar-refractivity contribution in [1.82, 2.24) is 9.97 Å². The van der Waals surface area contributed by atoms with E-state index in [2.05, 4.69) is 29.0 Å². The number of phenols is 1. The molecular weight excluding hydrogens is 771 g/mol. The Morgan fingerprint density at radius 2 is 1.74 bits per heavy atom. The highest BCUT2D eigenvalue weighted by Crippen LogP contribution is 2.50. The van der Waals surface area contributed by atoms with Crippen LogP contribution in [-0.2, 0) is 17.6 Å². The third-order valence-corrected chi connectivity index (χ3v) is 13.5. The van der Waals surface area contributed by atoms with Crippen molar-refractivity contribution in [1.29, 1.82) is 0 Å². The molecule has 11 nitrogen and oxygen atoms in total. The van der Waals surface area contributed by atoms with Crippen LogP contribution in [0.25, 0.3) is 11.3 Å². The number of aliphatic carboxylic acids is 1. The second kappa shape index (κ2) is 21.4. The third-order valence-electron chi connectivity index (χ3n) is 13.5. The van der Waals surface area contributed by atoms with Crippen LogP contribution < -0.4 is 10.8 Å². The number of carboxylic acids is 1. The smallest absolute Gasteiger partial charge is 0.309 e. The number of aliphatic hydroxyl groups is 4. The molecule has 11 heteroatoms. The number of H-pyrrole nitrogens is 1. The van der Waals surface area contributed by atoms with E-state index in [9.17, 15) is 40.5 Å². The zero-order valence-corrected chi connectivity index (χ0v) is 35.5. The van der Waals surface area contributed by atoms with E-state index in [4.69, 9.17) is 5.73 Å². The van der Waals surface area contributed by atoms with Crippen molar-refractivity contribution in [3.8, 4) is 22.8 Å². The Hall–Kier alpha value is -4.68. The summed E-state index contributed by atoms with van der Waals surface area (Å²) >= 11 is 0. The van der Waals surface area contributed by atoms with Gasteiger partial charge in [0.15, 0.2) is 0 Å². The van der Waals surface area contributed by atoms with Gasteiger partial charge in [0.2, 0.25) is 0 Å². The number of anilines is 1. The zero-order chi connectivity index (χ0) is 43.5. The van der Waals surface area contributed by atoms with Gasteiger partial charge >= 0.3 is 5.97 Å². The number of hydrogen-bond acceptors (Lipinski definition) is 9. The van der Waals surface area contributed by atoms with E-state index in [1.807, 2.05) is 36.4 Å². The van der Waals surface area contributed by atoms with Crippen LogP contribution in [-0.4, -0.2) is 64.4 Å². The Labute approximate surface area is 360 Å². The number of benzene rings is 2. The number of rotatable bonds is 22. The lowest BCUT2D eigenvalue weighted by Gasteiger charge is -2.34. The van der Waals surface area contributed by atoms with E-state index in [1.54, 1.807) is 24.4 Å². The molecule has 1 saturated carbocycles. The number of aromatic nitrogens is 2. The Balaban J connectivity index is 1.11. The number of aromatic amines is 1. The van der Waals surface area contributed by atoms with E-state index >= 15 is 0 Å². The Kier molecular flexibility index (Phi) is 16.1. The normalized spacial score (nSPS) is 24.1. The number of aromatic hydroxyl groups is 1. The summed E-state index contributed by atoms with van der Waals surface area (Å²) in [5.41, 5.74) is 8.40. The number of nitrogens with two attached hydrogens (primary N) is 1. The van der Waals surface area contributed by atoms with Crippen molar-refractivity contribution in [3.05, 3.63) is 107 Å². The Morgan fingerprint density at radius 1 is 0.951 bits per heavy atom. The minimum atomic E-state index is -1.44. The second-order valence-corrected chi connectivity index (χ2v) is 18.0. The molecule has 2 aromatic heterocycles. The average molecular weight is 837 g/mol. The van der Waals surface area contributed by atoms with Gasteiger partial charge in [-0.2, -0.15) is 0 Å². The number of unbranched alkanes of at least 4 members (excludes halogenated alkanes) is 4. The van der Waals surface area contributed by atoms with Crippen LogP contribution in [0.1, 0.15) is 125 Å². The van der Waals surface area contributed by atoms with E-state index in [0.717, 1.165) is 43.2 Å². The molecule has 4 aromatic rings. The first-order valence-electron chi connectivity index (χ1n) is 22.5. The summed E-state index contributed by atoms with van der Waals surface area (Å²) in [6, 6.07) is 19.5. The van der Waals surface area contributed by atoms with Crippen molar-refractivity contribution < 1.29 is 40.5 Å². The molecule has 0 spiro atoms. The van der Waals surface area contributed by atoms with Gasteiger partial charge in [0.1, 0.15) is 11.6 Å². The molecule has 0 saturated heterocycles. The third kappa shape index (κ3) is 12.2. The largest absolute Gasteiger partial charge is 0.872 e. The Bertz CT molecular complexity index is 2040. The number of hydrogen-bond donors (Lipinski definition) is 8. The van der Waals surface area contributed by atoms with Gasteiger partial charge in [-0.05, 0) is 129 Å². The molecule has 0 bridgehead atoms. The summed E-state index contributed by atoms with van der Waals surface area (Å²) in [5.74, 6) is -2.33. The highest BCUT2D eigenvalue weighted by molar-refractivity contribution is 5.71. The lowest BCUT2D eigenvalue weighted by molar-refractivity contribution is -0.269. The molecule has 9 unspecified atom stereocenters. The zero-order valence-electron chi connectivity index (χ0n) is 35.5. The maximum Gasteiger partial charge on any atom is 0.309 e. The van der Waals surface area contributed by atoms with E-state index in [-0.39, 0.29) is 42.3 Å². The first-order chi connectivity index (χ1) is 29.3. The first kappa shape index (κ1) is 45.8. The minimum Gasteiger partial charge on any atom is -0.872 e. The monoisotopic (exact) mass is 836 g/mol. The number of nitrogens with one attached hydrogen (secondary N) is 1. The van der Waals surface area contributed by atoms with Crippen LogP contribution in [0.5, 0.6) is 11.5 Å². The van der Waals surface area contributed by atoms with E-state index in [0.29, 0.717) is 72.8 Å². The molecule has 2 aliphatic carbocycles. The quantitative estimate of drug-likeness (QED) is 0.0282. The number of allylic oxidation sites excluding steroid dienone is 1. The summed E-state index contributed by atoms with van der Waals surface area (Å²) in [6.07, 6.45) is 14.1. The molecule has 61 heavy (non-hydrogen) atoms. The van der Waals surface area contributed by atoms with Crippen LogP contribution >= 0.6 is 0 Å². The molecule has 0 radical (unpaired) electrons. The molecule has 9 atom stereocenters.